The molecule has 0 fully saturated rings. The molecular weight excluding hydrogens is 1130 g/mol. The van der Waals surface area contributed by atoms with E-state index in [1.165, 1.54) is 0 Å². The molecule has 1 nitrogen and oxygen atoms in total. The molecule has 0 unspecified atom stereocenters. The van der Waals surface area contributed by atoms with E-state index in [1.807, 2.05) is 0 Å². The predicted octanol–water partition coefficient (Wildman–Crippen LogP) is -19.6. The van der Waals surface area contributed by atoms with Crippen LogP contribution in [0.2, 0.25) is 0 Å². The number of halogens is 6. The molecule has 0 aliphatic rings. The summed E-state index contributed by atoms with van der Waals surface area (Å²) in [5.74, 6) is 0. The van der Waals surface area contributed by atoms with E-state index in [0.717, 1.165) is 0 Å². The summed E-state index contributed by atoms with van der Waals surface area (Å²) in [7, 11) is 0. The second kappa shape index (κ2) is 71.4. The summed E-state index contributed by atoms with van der Waals surface area (Å²) in [6.45, 7) is 0. The van der Waals surface area contributed by atoms with Gasteiger partial charge in [-0.2, -0.15) is 0 Å². The normalized spacial score (nSPS) is 0. The van der Waals surface area contributed by atoms with Gasteiger partial charge in [-0.15, -0.1) is 0 Å². The van der Waals surface area contributed by atoms with Crippen molar-refractivity contribution in [2.24, 2.45) is 0 Å². The summed E-state index contributed by atoms with van der Waals surface area (Å²) in [6, 6.07) is 0. The van der Waals surface area contributed by atoms with Crippen molar-refractivity contribution < 1.29 is 149 Å². The van der Waals surface area contributed by atoms with Crippen LogP contribution in [0.1, 0.15) is 0 Å². The Hall–Kier alpha value is 10.3. The van der Waals surface area contributed by atoms with Crippen LogP contribution in [0.4, 0.5) is 0 Å². The Morgan fingerprint density at radius 1 is 0.273 bits per heavy atom. The van der Waals surface area contributed by atoms with E-state index >= 15 is 0 Å². The van der Waals surface area contributed by atoms with E-state index in [1.54, 1.807) is 0 Å². The molecule has 0 saturated carbocycles. The van der Waals surface area contributed by atoms with Gasteiger partial charge >= 0.3 is 182 Å². The van der Waals surface area contributed by atoms with Gasteiger partial charge in [-0.25, -0.2) is 0 Å². The Kier molecular flexibility index (Phi) is 538. The fraction of sp³-hybridized carbons (Fsp3) is 0. The maximum atomic E-state index is 0. The average molecular weight is 1130 g/mol. The van der Waals surface area contributed by atoms with Crippen LogP contribution in [0.25, 0.3) is 0 Å². The standard InChI is InChI=1S/6HI.O.4Sr/h6*1H;;;;;/q;;;;;;-2;4*+2/p-6. The maximum absolute atomic E-state index is 0. The summed E-state index contributed by atoms with van der Waals surface area (Å²) in [5, 5.41) is 0. The molecule has 0 spiro atoms. The van der Waals surface area contributed by atoms with Gasteiger partial charge in [0.1, 0.15) is 0 Å². The van der Waals surface area contributed by atoms with Gasteiger partial charge in [0.15, 0.2) is 0 Å². The van der Waals surface area contributed by atoms with Crippen LogP contribution in [0.15, 0.2) is 0 Å². The molecule has 0 N–H and O–H groups in total. The van der Waals surface area contributed by atoms with Gasteiger partial charge in [-0.3, -0.25) is 0 Å². The van der Waals surface area contributed by atoms with Gasteiger partial charge in [0.25, 0.3) is 0 Å². The minimum absolute atomic E-state index is 0. The van der Waals surface area contributed by atoms with E-state index in [0.29, 0.717) is 0 Å². The molecule has 0 amide bonds. The smallest absolute Gasteiger partial charge is 2.00 e. The molecule has 56 valence electrons. The molecule has 11 heavy (non-hydrogen) atoms. The maximum Gasteiger partial charge on any atom is 2.00 e. The zero-order valence-electron chi connectivity index (χ0n) is 5.50. The van der Waals surface area contributed by atoms with Crippen LogP contribution in [-0.2, 0) is 5.48 Å². The summed E-state index contributed by atoms with van der Waals surface area (Å²) in [4.78, 5) is 0. The summed E-state index contributed by atoms with van der Waals surface area (Å²) >= 11 is 0. The first-order valence-electron chi connectivity index (χ1n) is 0. The second-order valence-corrected chi connectivity index (χ2v) is 0. The molecule has 0 heterocycles. The number of hydrogen-bond donors (Lipinski definition) is 0. The Morgan fingerprint density at radius 3 is 0.273 bits per heavy atom. The van der Waals surface area contributed by atoms with Crippen molar-refractivity contribution in [3.63, 3.8) is 0 Å². The molecule has 0 rings (SSSR count). The van der Waals surface area contributed by atoms with Crippen LogP contribution >= 0.6 is 0 Å². The average Bonchev–Trinajstić information content (AvgIpc) is 0. The molecule has 0 aliphatic heterocycles. The van der Waals surface area contributed by atoms with E-state index in [-0.39, 0.29) is 331 Å². The molecule has 0 aromatic carbocycles. The first-order chi connectivity index (χ1) is 0. The largest absolute Gasteiger partial charge is 2.00 e. The zero-order chi connectivity index (χ0) is 0. The molecule has 0 aliphatic carbocycles. The molecule has 0 aromatic rings. The molecule has 0 atom stereocenters. The third-order valence-corrected chi connectivity index (χ3v) is 0. The van der Waals surface area contributed by atoms with E-state index < -0.39 is 0 Å². The summed E-state index contributed by atoms with van der Waals surface area (Å²) in [5.41, 5.74) is 0. The molecule has 0 aromatic heterocycles. The van der Waals surface area contributed by atoms with Crippen LogP contribution in [0.5, 0.6) is 0 Å². The van der Waals surface area contributed by atoms with Gasteiger partial charge in [-0.1, -0.05) is 0 Å². The molecule has 0 radical (unpaired) electrons. The Balaban J connectivity index is 0. The Bertz CT molecular complexity index is 14.5. The van der Waals surface area contributed by atoms with Crippen LogP contribution in [0, 0.1) is 0 Å². The van der Waals surface area contributed by atoms with Crippen LogP contribution in [0.3, 0.4) is 0 Å². The van der Waals surface area contributed by atoms with Crippen molar-refractivity contribution in [3.8, 4) is 0 Å². The number of rotatable bonds is 0. The molecule has 0 bridgehead atoms. The van der Waals surface area contributed by atoms with E-state index in [2.05, 4.69) is 0 Å². The van der Waals surface area contributed by atoms with E-state index in [9.17, 15) is 0 Å². The quantitative estimate of drug-likeness (QED) is 0.171. The van der Waals surface area contributed by atoms with Gasteiger partial charge in [0, 0.05) is 0 Å². The third kappa shape index (κ3) is 64.2. The minimum Gasteiger partial charge on any atom is -2.00 e. The van der Waals surface area contributed by atoms with Gasteiger partial charge in [0.05, 0.1) is 0 Å². The van der Waals surface area contributed by atoms with Crippen LogP contribution in [-0.4, -0.2) is 182 Å². The summed E-state index contributed by atoms with van der Waals surface area (Å²) < 4.78 is 0. The number of hydrogen-bond acceptors (Lipinski definition) is 0. The first-order valence-corrected chi connectivity index (χ1v) is 0. The van der Waals surface area contributed by atoms with Crippen molar-refractivity contribution >= 4 is 182 Å². The Labute approximate surface area is 319 Å². The van der Waals surface area contributed by atoms with Crippen LogP contribution < -0.4 is 144 Å². The van der Waals surface area contributed by atoms with Crippen molar-refractivity contribution in [2.45, 2.75) is 0 Å². The zero-order valence-corrected chi connectivity index (χ0v) is 32.4. The van der Waals surface area contributed by atoms with Crippen molar-refractivity contribution in [1.82, 2.24) is 0 Å². The third-order valence-electron chi connectivity index (χ3n) is 0. The van der Waals surface area contributed by atoms with Gasteiger partial charge in [-0.05, 0) is 0 Å². The van der Waals surface area contributed by atoms with Crippen molar-refractivity contribution in [2.75, 3.05) is 0 Å². The van der Waals surface area contributed by atoms with Gasteiger partial charge < -0.3 is 149 Å². The topological polar surface area (TPSA) is 28.5 Å². The van der Waals surface area contributed by atoms with Gasteiger partial charge in [0.2, 0.25) is 0 Å². The fourth-order valence-electron chi connectivity index (χ4n) is 0. The summed E-state index contributed by atoms with van der Waals surface area (Å²) in [6.07, 6.45) is 0. The molecule has 0 saturated heterocycles. The predicted molar refractivity (Wildman–Crippen MR) is 23.7 cm³/mol. The fourth-order valence-corrected chi connectivity index (χ4v) is 0. The monoisotopic (exact) mass is 1130 g/mol. The molecule has 11 heteroatoms. The molecular formula is I6OSr4. The first kappa shape index (κ1) is 82.9. The SMILES string of the molecule is [I-].[I-].[I-].[I-].[I-].[I-].[O-2].[Sr+2].[Sr+2].[Sr+2].[Sr+2]. The minimum atomic E-state index is 0. The second-order valence-electron chi connectivity index (χ2n) is 0. The van der Waals surface area contributed by atoms with E-state index in [4.69, 9.17) is 0 Å². The Morgan fingerprint density at radius 2 is 0.273 bits per heavy atom. The van der Waals surface area contributed by atoms with Crippen molar-refractivity contribution in [3.05, 3.63) is 0 Å². The van der Waals surface area contributed by atoms with Crippen molar-refractivity contribution in [1.29, 1.82) is 0 Å².